The topological polar surface area (TPSA) is 63.6 Å². The van der Waals surface area contributed by atoms with Crippen molar-refractivity contribution in [3.05, 3.63) is 101 Å². The van der Waals surface area contributed by atoms with Crippen molar-refractivity contribution in [2.45, 2.75) is 38.8 Å². The summed E-state index contributed by atoms with van der Waals surface area (Å²) in [4.78, 5) is 25.3. The molecule has 0 fully saturated rings. The van der Waals surface area contributed by atoms with Gasteiger partial charge >= 0.3 is 11.9 Å². The first-order valence-electron chi connectivity index (χ1n) is 11.3. The van der Waals surface area contributed by atoms with E-state index in [0.717, 1.165) is 34.4 Å². The number of quaternary nitrogens is 1. The van der Waals surface area contributed by atoms with E-state index in [1.807, 2.05) is 42.5 Å². The van der Waals surface area contributed by atoms with Gasteiger partial charge in [-0.2, -0.15) is 0 Å². The molecule has 0 saturated heterocycles. The summed E-state index contributed by atoms with van der Waals surface area (Å²) < 4.78 is 5.49. The molecule has 2 unspecified atom stereocenters. The fourth-order valence-corrected chi connectivity index (χ4v) is 5.03. The normalized spacial score (nSPS) is 19.5. The van der Waals surface area contributed by atoms with E-state index in [2.05, 4.69) is 37.3 Å². The van der Waals surface area contributed by atoms with Crippen molar-refractivity contribution < 1.29 is 23.9 Å². The molecule has 5 heteroatoms. The van der Waals surface area contributed by atoms with Gasteiger partial charge in [-0.05, 0) is 42.8 Å². The third-order valence-corrected chi connectivity index (χ3v) is 6.66. The lowest BCUT2D eigenvalue weighted by Crippen LogP contribution is -2.58. The molecule has 170 valence electrons. The highest BCUT2D eigenvalue weighted by Gasteiger charge is 2.48. The van der Waals surface area contributed by atoms with Crippen molar-refractivity contribution >= 4 is 11.9 Å². The number of fused-ring (bicyclic) bond motifs is 1. The SMILES string of the molecule is COc1ccc(C[N+]2(C(=O)CCC(=O)O)CCc3ccc(C)cc3C2c2ccccc2)cc1. The third kappa shape index (κ3) is 4.69. The largest absolute Gasteiger partial charge is 0.497 e. The molecule has 0 saturated carbocycles. The first-order valence-corrected chi connectivity index (χ1v) is 11.3. The molecular weight excluding hydrogens is 414 g/mol. The van der Waals surface area contributed by atoms with Crippen molar-refractivity contribution in [3.8, 4) is 5.75 Å². The lowest BCUT2D eigenvalue weighted by Gasteiger charge is -2.46. The maximum absolute atomic E-state index is 13.9. The number of carbonyl (C=O) groups excluding carboxylic acids is 1. The van der Waals surface area contributed by atoms with Gasteiger partial charge in [-0.15, -0.1) is 0 Å². The Hall–Kier alpha value is -3.44. The number of hydrogen-bond acceptors (Lipinski definition) is 3. The Bertz CT molecular complexity index is 1140. The molecule has 0 radical (unpaired) electrons. The summed E-state index contributed by atoms with van der Waals surface area (Å²) in [5.74, 6) is -0.216. The van der Waals surface area contributed by atoms with Gasteiger partial charge in [0, 0.05) is 23.1 Å². The number of ether oxygens (including phenoxy) is 1. The van der Waals surface area contributed by atoms with Crippen LogP contribution in [0.3, 0.4) is 0 Å². The smallest absolute Gasteiger partial charge is 0.315 e. The van der Waals surface area contributed by atoms with Crippen LogP contribution < -0.4 is 4.74 Å². The highest BCUT2D eigenvalue weighted by molar-refractivity contribution is 5.77. The van der Waals surface area contributed by atoms with Gasteiger partial charge in [0.15, 0.2) is 0 Å². The average molecular weight is 445 g/mol. The first-order chi connectivity index (χ1) is 15.9. The molecule has 2 atom stereocenters. The van der Waals surface area contributed by atoms with E-state index in [4.69, 9.17) is 4.74 Å². The number of aryl methyl sites for hydroxylation is 1. The van der Waals surface area contributed by atoms with Crippen molar-refractivity contribution in [1.82, 2.24) is 0 Å². The number of carboxylic acids is 1. The van der Waals surface area contributed by atoms with E-state index in [1.54, 1.807) is 7.11 Å². The van der Waals surface area contributed by atoms with E-state index < -0.39 is 5.97 Å². The fraction of sp³-hybridized carbons (Fsp3) is 0.286. The summed E-state index contributed by atoms with van der Waals surface area (Å²) in [6.45, 7) is 3.19. The average Bonchev–Trinajstić information content (AvgIpc) is 2.83. The van der Waals surface area contributed by atoms with E-state index in [9.17, 15) is 14.7 Å². The van der Waals surface area contributed by atoms with E-state index >= 15 is 0 Å². The molecule has 3 aromatic rings. The lowest BCUT2D eigenvalue weighted by atomic mass is 9.84. The van der Waals surface area contributed by atoms with Crippen LogP contribution >= 0.6 is 0 Å². The summed E-state index contributed by atoms with van der Waals surface area (Å²) in [6, 6.07) is 24.2. The zero-order valence-electron chi connectivity index (χ0n) is 19.2. The molecule has 0 spiro atoms. The number of rotatable bonds is 7. The highest BCUT2D eigenvalue weighted by Crippen LogP contribution is 2.43. The molecule has 0 aromatic heterocycles. The molecule has 1 heterocycles. The van der Waals surface area contributed by atoms with Crippen LogP contribution in [-0.2, 0) is 22.6 Å². The minimum Gasteiger partial charge on any atom is -0.497 e. The number of aliphatic carboxylic acids is 1. The van der Waals surface area contributed by atoms with Crippen LogP contribution in [0.5, 0.6) is 5.75 Å². The van der Waals surface area contributed by atoms with Crippen LogP contribution in [0.2, 0.25) is 0 Å². The van der Waals surface area contributed by atoms with Gasteiger partial charge in [0.2, 0.25) is 0 Å². The maximum Gasteiger partial charge on any atom is 0.315 e. The summed E-state index contributed by atoms with van der Waals surface area (Å²) >= 11 is 0. The van der Waals surface area contributed by atoms with Gasteiger partial charge in [-0.25, -0.2) is 9.28 Å². The van der Waals surface area contributed by atoms with E-state index in [0.29, 0.717) is 13.1 Å². The Kier molecular flexibility index (Phi) is 6.61. The quantitative estimate of drug-likeness (QED) is 0.518. The summed E-state index contributed by atoms with van der Waals surface area (Å²) in [6.07, 6.45) is 0.619. The number of benzene rings is 3. The minimum atomic E-state index is -0.949. The molecule has 1 aliphatic rings. The lowest BCUT2D eigenvalue weighted by molar-refractivity contribution is -0.895. The number of hydrogen-bond donors (Lipinski definition) is 1. The second-order valence-electron chi connectivity index (χ2n) is 8.82. The van der Waals surface area contributed by atoms with Crippen LogP contribution in [0.25, 0.3) is 0 Å². The third-order valence-electron chi connectivity index (χ3n) is 6.66. The van der Waals surface area contributed by atoms with Crippen LogP contribution in [0.1, 0.15) is 46.7 Å². The Morgan fingerprint density at radius 2 is 1.73 bits per heavy atom. The molecule has 3 aromatic carbocycles. The van der Waals surface area contributed by atoms with Crippen molar-refractivity contribution in [2.24, 2.45) is 0 Å². The van der Waals surface area contributed by atoms with Gasteiger partial charge in [0.25, 0.3) is 0 Å². The van der Waals surface area contributed by atoms with Gasteiger partial charge in [-0.1, -0.05) is 48.0 Å². The minimum absolute atomic E-state index is 0.00989. The van der Waals surface area contributed by atoms with Gasteiger partial charge in [0.1, 0.15) is 18.3 Å². The molecular formula is C28H30NO4+. The molecule has 1 amide bonds. The maximum atomic E-state index is 13.9. The van der Waals surface area contributed by atoms with Crippen LogP contribution in [0.15, 0.2) is 72.8 Å². The van der Waals surface area contributed by atoms with Crippen LogP contribution in [0, 0.1) is 6.92 Å². The Morgan fingerprint density at radius 3 is 2.39 bits per heavy atom. The van der Waals surface area contributed by atoms with Gasteiger partial charge in [0.05, 0.1) is 26.5 Å². The Balaban J connectivity index is 1.87. The van der Waals surface area contributed by atoms with Crippen LogP contribution in [0.4, 0.5) is 0 Å². The summed E-state index contributed by atoms with van der Waals surface area (Å²) in [5, 5.41) is 9.30. The number of nitrogens with zero attached hydrogens (tertiary/aromatic N) is 1. The zero-order chi connectivity index (χ0) is 23.4. The number of carboxylic acid groups (broad SMARTS) is 1. The summed E-state index contributed by atoms with van der Waals surface area (Å²) in [7, 11) is 1.63. The molecule has 0 bridgehead atoms. The Labute approximate surface area is 194 Å². The molecule has 4 rings (SSSR count). The van der Waals surface area contributed by atoms with Crippen molar-refractivity contribution in [2.75, 3.05) is 13.7 Å². The molecule has 1 aliphatic heterocycles. The van der Waals surface area contributed by atoms with Gasteiger partial charge in [-0.3, -0.25) is 4.79 Å². The monoisotopic (exact) mass is 444 g/mol. The summed E-state index contributed by atoms with van der Waals surface area (Å²) in [5.41, 5.74) is 5.66. The second-order valence-corrected chi connectivity index (χ2v) is 8.82. The van der Waals surface area contributed by atoms with Crippen molar-refractivity contribution in [1.29, 1.82) is 0 Å². The van der Waals surface area contributed by atoms with E-state index in [1.165, 1.54) is 5.56 Å². The fourth-order valence-electron chi connectivity index (χ4n) is 5.03. The van der Waals surface area contributed by atoms with Gasteiger partial charge < -0.3 is 9.84 Å². The zero-order valence-corrected chi connectivity index (χ0v) is 19.2. The molecule has 0 aliphatic carbocycles. The number of carbonyl (C=O) groups is 2. The molecule has 33 heavy (non-hydrogen) atoms. The highest BCUT2D eigenvalue weighted by atomic mass is 16.5. The predicted molar refractivity (Wildman–Crippen MR) is 127 cm³/mol. The molecule has 1 N–H and O–H groups in total. The standard InChI is InChI=1S/C28H29NO4/c1-20-8-11-22-16-17-29(26(30)14-15-27(31)32,19-21-9-12-24(33-2)13-10-21)28(25(22)18-20)23-6-4-3-5-7-23/h3-13,18,28H,14-17,19H2,1-2H3/p+1. The second kappa shape index (κ2) is 9.59. The first kappa shape index (κ1) is 22.7. The van der Waals surface area contributed by atoms with Crippen LogP contribution in [-0.4, -0.2) is 35.1 Å². The number of methoxy groups -OCH3 is 1. The Morgan fingerprint density at radius 1 is 1.00 bits per heavy atom. The number of amides is 1. The molecule has 5 nitrogen and oxygen atoms in total. The van der Waals surface area contributed by atoms with Crippen molar-refractivity contribution in [3.63, 3.8) is 0 Å². The predicted octanol–water partition coefficient (Wildman–Crippen LogP) is 5.06. The van der Waals surface area contributed by atoms with E-state index in [-0.39, 0.29) is 29.3 Å².